The lowest BCUT2D eigenvalue weighted by molar-refractivity contribution is 0.152. The molecule has 6 heteroatoms. The second-order valence-corrected chi connectivity index (χ2v) is 8.68. The Morgan fingerprint density at radius 3 is 2.35 bits per heavy atom. The van der Waals surface area contributed by atoms with E-state index >= 15 is 0 Å². The molecule has 0 radical (unpaired) electrons. The highest BCUT2D eigenvalue weighted by Gasteiger charge is 2.35. The molecule has 1 aliphatic rings. The Morgan fingerprint density at radius 2 is 1.68 bits per heavy atom. The maximum Gasteiger partial charge on any atom is 0.135 e. The zero-order chi connectivity index (χ0) is 22.2. The third-order valence-corrected chi connectivity index (χ3v) is 6.05. The molecule has 0 amide bonds. The first-order valence-electron chi connectivity index (χ1n) is 10.5. The van der Waals surface area contributed by atoms with Gasteiger partial charge in [-0.2, -0.15) is 0 Å². The van der Waals surface area contributed by atoms with E-state index in [4.69, 9.17) is 4.98 Å². The van der Waals surface area contributed by atoms with E-state index in [2.05, 4.69) is 54.0 Å². The van der Waals surface area contributed by atoms with Crippen LogP contribution in [0.15, 0.2) is 60.7 Å². The van der Waals surface area contributed by atoms with E-state index in [1.807, 2.05) is 31.1 Å². The highest BCUT2D eigenvalue weighted by atomic mass is 19.1. The van der Waals surface area contributed by atoms with Gasteiger partial charge in [-0.05, 0) is 50.2 Å². The fourth-order valence-corrected chi connectivity index (χ4v) is 3.98. The van der Waals surface area contributed by atoms with E-state index < -0.39 is 11.6 Å². The molecule has 3 aromatic rings. The summed E-state index contributed by atoms with van der Waals surface area (Å²) >= 11 is 0. The molecule has 0 bridgehead atoms. The van der Waals surface area contributed by atoms with Crippen LogP contribution in [0.25, 0.3) is 11.3 Å². The van der Waals surface area contributed by atoms with Gasteiger partial charge in [0.05, 0.1) is 23.6 Å². The Kier molecular flexibility index (Phi) is 5.67. The van der Waals surface area contributed by atoms with E-state index in [1.165, 1.54) is 17.8 Å². The lowest BCUT2D eigenvalue weighted by Gasteiger charge is -2.36. The van der Waals surface area contributed by atoms with Crippen molar-refractivity contribution in [2.45, 2.75) is 19.4 Å². The first kappa shape index (κ1) is 21.2. The van der Waals surface area contributed by atoms with Crippen LogP contribution in [0.1, 0.15) is 19.5 Å². The van der Waals surface area contributed by atoms with Gasteiger partial charge >= 0.3 is 0 Å². The van der Waals surface area contributed by atoms with Crippen molar-refractivity contribution in [3.05, 3.63) is 78.0 Å². The minimum absolute atomic E-state index is 0.300. The van der Waals surface area contributed by atoms with Crippen LogP contribution in [0, 0.1) is 11.6 Å². The molecule has 0 atom stereocenters. The van der Waals surface area contributed by atoms with Crippen LogP contribution in [0.2, 0.25) is 0 Å². The first-order valence-corrected chi connectivity index (χ1v) is 10.5. The summed E-state index contributed by atoms with van der Waals surface area (Å²) in [6, 6.07) is 17.9. The van der Waals surface area contributed by atoms with E-state index in [0.29, 0.717) is 11.3 Å². The van der Waals surface area contributed by atoms with Crippen LogP contribution < -0.4 is 9.80 Å². The molecule has 1 fully saturated rings. The maximum absolute atomic E-state index is 14.5. The van der Waals surface area contributed by atoms with Crippen LogP contribution >= 0.6 is 0 Å². The second-order valence-electron chi connectivity index (χ2n) is 8.68. The van der Waals surface area contributed by atoms with Crippen molar-refractivity contribution in [3.63, 3.8) is 0 Å². The van der Waals surface area contributed by atoms with Gasteiger partial charge in [0.25, 0.3) is 0 Å². The van der Waals surface area contributed by atoms with Crippen LogP contribution in [0.5, 0.6) is 0 Å². The molecule has 0 unspecified atom stereocenters. The molecule has 162 valence electrons. The number of hydrogen-bond donors (Lipinski definition) is 0. The van der Waals surface area contributed by atoms with Crippen molar-refractivity contribution < 1.29 is 8.78 Å². The fourth-order valence-electron chi connectivity index (χ4n) is 3.98. The van der Waals surface area contributed by atoms with Gasteiger partial charge in [0.1, 0.15) is 11.6 Å². The van der Waals surface area contributed by atoms with E-state index in [0.717, 1.165) is 37.2 Å². The summed E-state index contributed by atoms with van der Waals surface area (Å²) in [7, 11) is 3.90. The summed E-state index contributed by atoms with van der Waals surface area (Å²) in [4.78, 5) is 11.5. The number of halogens is 2. The van der Waals surface area contributed by atoms with Crippen molar-refractivity contribution in [1.29, 1.82) is 0 Å². The summed E-state index contributed by atoms with van der Waals surface area (Å²) in [6.45, 7) is 6.91. The third-order valence-electron chi connectivity index (χ3n) is 6.05. The molecule has 1 aromatic heterocycles. The van der Waals surface area contributed by atoms with Crippen LogP contribution in [0.3, 0.4) is 0 Å². The Balaban J connectivity index is 1.70. The Hall–Kier alpha value is -2.99. The maximum atomic E-state index is 14.5. The van der Waals surface area contributed by atoms with Gasteiger partial charge in [0, 0.05) is 50.2 Å². The minimum Gasteiger partial charge on any atom is -0.378 e. The SMILES string of the molecule is CN(C)c1cc(-c2ccc(F)cc2F)nc(C(C)(C)N2CCN(c3ccccc3)C2)c1. The highest BCUT2D eigenvalue weighted by Crippen LogP contribution is 2.35. The van der Waals surface area contributed by atoms with Gasteiger partial charge in [-0.15, -0.1) is 0 Å². The first-order chi connectivity index (χ1) is 14.8. The monoisotopic (exact) mass is 422 g/mol. The van der Waals surface area contributed by atoms with Crippen LogP contribution in [0.4, 0.5) is 20.2 Å². The molecule has 4 nitrogen and oxygen atoms in total. The molecule has 1 aliphatic heterocycles. The van der Waals surface area contributed by atoms with Crippen LogP contribution in [-0.4, -0.2) is 43.7 Å². The Labute approximate surface area is 182 Å². The standard InChI is InChI=1S/C25H28F2N4/c1-25(2,31-13-12-30(17-31)19-8-6-5-7-9-19)24-16-20(29(3)4)15-23(28-24)21-11-10-18(26)14-22(21)27/h5-11,14-16H,12-13,17H2,1-4H3. The van der Waals surface area contributed by atoms with Crippen molar-refractivity contribution in [2.24, 2.45) is 0 Å². The smallest absolute Gasteiger partial charge is 0.135 e. The molecule has 2 heterocycles. The number of anilines is 2. The van der Waals surface area contributed by atoms with Crippen LogP contribution in [-0.2, 0) is 5.54 Å². The Morgan fingerprint density at radius 1 is 0.935 bits per heavy atom. The highest BCUT2D eigenvalue weighted by molar-refractivity contribution is 5.66. The average Bonchev–Trinajstić information content (AvgIpc) is 3.25. The number of hydrogen-bond acceptors (Lipinski definition) is 4. The molecule has 0 N–H and O–H groups in total. The summed E-state index contributed by atoms with van der Waals surface area (Å²) < 4.78 is 28.0. The molecule has 0 spiro atoms. The molecule has 0 saturated carbocycles. The van der Waals surface area contributed by atoms with Crippen molar-refractivity contribution in [1.82, 2.24) is 9.88 Å². The molecule has 4 rings (SSSR count). The van der Waals surface area contributed by atoms with Gasteiger partial charge in [-0.25, -0.2) is 8.78 Å². The number of rotatable bonds is 5. The minimum atomic E-state index is -0.608. The number of pyridine rings is 1. The lowest BCUT2D eigenvalue weighted by atomic mass is 9.96. The van der Waals surface area contributed by atoms with Gasteiger partial charge in [0.15, 0.2) is 0 Å². The molecule has 2 aromatic carbocycles. The summed E-state index contributed by atoms with van der Waals surface area (Å²) in [5.41, 5.74) is 3.41. The number of para-hydroxylation sites is 1. The van der Waals surface area contributed by atoms with Crippen molar-refractivity contribution in [3.8, 4) is 11.3 Å². The zero-order valence-electron chi connectivity index (χ0n) is 18.4. The van der Waals surface area contributed by atoms with Gasteiger partial charge in [0.2, 0.25) is 0 Å². The van der Waals surface area contributed by atoms with E-state index in [1.54, 1.807) is 0 Å². The lowest BCUT2D eigenvalue weighted by Crippen LogP contribution is -2.42. The molecule has 31 heavy (non-hydrogen) atoms. The normalized spacial score (nSPS) is 14.8. The average molecular weight is 423 g/mol. The number of benzene rings is 2. The zero-order valence-corrected chi connectivity index (χ0v) is 18.4. The fraction of sp³-hybridized carbons (Fsp3) is 0.320. The van der Waals surface area contributed by atoms with Gasteiger partial charge in [-0.3, -0.25) is 9.88 Å². The molecular formula is C25H28F2N4. The molecule has 1 saturated heterocycles. The number of nitrogens with zero attached hydrogens (tertiary/aromatic N) is 4. The number of aromatic nitrogens is 1. The predicted molar refractivity (Wildman–Crippen MR) is 122 cm³/mol. The third kappa shape index (κ3) is 4.26. The van der Waals surface area contributed by atoms with Crippen molar-refractivity contribution in [2.75, 3.05) is 43.7 Å². The van der Waals surface area contributed by atoms with E-state index in [-0.39, 0.29) is 5.54 Å². The largest absolute Gasteiger partial charge is 0.378 e. The summed E-state index contributed by atoms with van der Waals surface area (Å²) in [5.74, 6) is -1.20. The van der Waals surface area contributed by atoms with E-state index in [9.17, 15) is 8.78 Å². The molecule has 0 aliphatic carbocycles. The predicted octanol–water partition coefficient (Wildman–Crippen LogP) is 5.11. The molecular weight excluding hydrogens is 394 g/mol. The summed E-state index contributed by atoms with van der Waals surface area (Å²) in [5, 5.41) is 0. The van der Waals surface area contributed by atoms with Crippen molar-refractivity contribution >= 4 is 11.4 Å². The topological polar surface area (TPSA) is 22.6 Å². The van der Waals surface area contributed by atoms with Gasteiger partial charge in [-0.1, -0.05) is 18.2 Å². The summed E-state index contributed by atoms with van der Waals surface area (Å²) in [6.07, 6.45) is 0. The van der Waals surface area contributed by atoms with Gasteiger partial charge < -0.3 is 9.80 Å². The quantitative estimate of drug-likeness (QED) is 0.570. The Bertz CT molecular complexity index is 1070. The second kappa shape index (κ2) is 8.27.